The molecule has 1 heterocycles. The lowest BCUT2D eigenvalue weighted by Crippen LogP contribution is -2.14. The molecule has 0 saturated heterocycles. The number of hydrogen-bond donors (Lipinski definition) is 1. The molecular weight excluding hydrogens is 236 g/mol. The summed E-state index contributed by atoms with van der Waals surface area (Å²) >= 11 is 3.29. The van der Waals surface area contributed by atoms with Gasteiger partial charge >= 0.3 is 0 Å². The van der Waals surface area contributed by atoms with E-state index in [4.69, 9.17) is 0 Å². The number of benzene rings is 2. The Kier molecular flexibility index (Phi) is 2.46. The Balaban J connectivity index is 2.18. The zero-order valence-electron chi connectivity index (χ0n) is 8.51. The first-order valence-corrected chi connectivity index (χ1v) is 6.67. The van der Waals surface area contributed by atoms with Gasteiger partial charge in [-0.15, -0.1) is 12.6 Å². The van der Waals surface area contributed by atoms with Crippen LogP contribution in [0.25, 0.3) is 0 Å². The molecule has 2 aromatic rings. The highest BCUT2D eigenvalue weighted by Crippen LogP contribution is 2.34. The van der Waals surface area contributed by atoms with Gasteiger partial charge in [0.1, 0.15) is 0 Å². The van der Waals surface area contributed by atoms with Gasteiger partial charge in [0.2, 0.25) is 0 Å². The first-order valence-electron chi connectivity index (χ1n) is 5.07. The van der Waals surface area contributed by atoms with Crippen LogP contribution in [0.15, 0.2) is 57.2 Å². The van der Waals surface area contributed by atoms with Crippen molar-refractivity contribution in [3.8, 4) is 0 Å². The van der Waals surface area contributed by atoms with E-state index < -0.39 is 11.2 Å². The topological polar surface area (TPSA) is 23.1 Å². The lowest BCUT2D eigenvalue weighted by atomic mass is 10.0. The lowest BCUT2D eigenvalue weighted by molar-refractivity contribution is 0.590. The van der Waals surface area contributed by atoms with Crippen LogP contribution < -0.4 is 0 Å². The predicted molar refractivity (Wildman–Crippen MR) is 67.6 cm³/mol. The SMILES string of the molecule is [O-][S+]1c2ccccc2Cc2cc(S)ccc21. The molecule has 0 fully saturated rings. The number of hydrogen-bond acceptors (Lipinski definition) is 2. The van der Waals surface area contributed by atoms with Gasteiger partial charge in [0.05, 0.1) is 0 Å². The molecule has 80 valence electrons. The lowest BCUT2D eigenvalue weighted by Gasteiger charge is -2.21. The van der Waals surface area contributed by atoms with Crippen molar-refractivity contribution >= 4 is 23.8 Å². The second kappa shape index (κ2) is 3.84. The fraction of sp³-hybridized carbons (Fsp3) is 0.0769. The Morgan fingerprint density at radius 2 is 1.75 bits per heavy atom. The van der Waals surface area contributed by atoms with Crippen LogP contribution in [0.2, 0.25) is 0 Å². The number of rotatable bonds is 0. The van der Waals surface area contributed by atoms with Crippen molar-refractivity contribution in [3.05, 3.63) is 53.6 Å². The highest BCUT2D eigenvalue weighted by atomic mass is 32.2. The zero-order valence-corrected chi connectivity index (χ0v) is 10.2. The highest BCUT2D eigenvalue weighted by molar-refractivity contribution is 7.91. The largest absolute Gasteiger partial charge is 0.606 e. The van der Waals surface area contributed by atoms with Gasteiger partial charge < -0.3 is 4.55 Å². The van der Waals surface area contributed by atoms with Gasteiger partial charge in [-0.25, -0.2) is 0 Å². The summed E-state index contributed by atoms with van der Waals surface area (Å²) in [4.78, 5) is 2.80. The molecule has 3 rings (SSSR count). The predicted octanol–water partition coefficient (Wildman–Crippen LogP) is 3.05. The van der Waals surface area contributed by atoms with Crippen molar-refractivity contribution < 1.29 is 4.55 Å². The fourth-order valence-electron chi connectivity index (χ4n) is 2.04. The van der Waals surface area contributed by atoms with Crippen LogP contribution in [0.4, 0.5) is 0 Å². The van der Waals surface area contributed by atoms with Crippen LogP contribution in [0, 0.1) is 0 Å². The van der Waals surface area contributed by atoms with Crippen molar-refractivity contribution in [2.75, 3.05) is 0 Å². The Bertz CT molecular complexity index is 551. The summed E-state index contributed by atoms with van der Waals surface area (Å²) in [6.45, 7) is 0. The second-order valence-electron chi connectivity index (χ2n) is 3.85. The Morgan fingerprint density at radius 3 is 2.62 bits per heavy atom. The maximum absolute atomic E-state index is 12.3. The minimum absolute atomic E-state index is 0.853. The molecule has 1 atom stereocenters. The van der Waals surface area contributed by atoms with E-state index in [0.29, 0.717) is 0 Å². The molecule has 3 heteroatoms. The molecular formula is C13H10OS2. The van der Waals surface area contributed by atoms with Gasteiger partial charge in [-0.1, -0.05) is 18.2 Å². The van der Waals surface area contributed by atoms with Gasteiger partial charge in [-0.3, -0.25) is 0 Å². The van der Waals surface area contributed by atoms with Crippen molar-refractivity contribution in [1.82, 2.24) is 0 Å². The van der Waals surface area contributed by atoms with Crippen molar-refractivity contribution in [1.29, 1.82) is 0 Å². The van der Waals surface area contributed by atoms with E-state index >= 15 is 0 Å². The van der Waals surface area contributed by atoms with Gasteiger partial charge in [0.15, 0.2) is 9.79 Å². The van der Waals surface area contributed by atoms with Gasteiger partial charge in [0, 0.05) is 33.6 Å². The monoisotopic (exact) mass is 246 g/mol. The fourth-order valence-corrected chi connectivity index (χ4v) is 3.65. The summed E-state index contributed by atoms with van der Waals surface area (Å²) in [5.74, 6) is 0. The molecule has 16 heavy (non-hydrogen) atoms. The van der Waals surface area contributed by atoms with E-state index in [1.165, 1.54) is 0 Å². The summed E-state index contributed by atoms with van der Waals surface area (Å²) in [6.07, 6.45) is 0.853. The minimum Gasteiger partial charge on any atom is -0.606 e. The van der Waals surface area contributed by atoms with Gasteiger partial charge in [-0.2, -0.15) is 0 Å². The average Bonchev–Trinajstić information content (AvgIpc) is 2.29. The molecule has 1 nitrogen and oxygen atoms in total. The Morgan fingerprint density at radius 1 is 1.00 bits per heavy atom. The van der Waals surface area contributed by atoms with Crippen LogP contribution in [0.5, 0.6) is 0 Å². The summed E-state index contributed by atoms with van der Waals surface area (Å²) in [7, 11) is 0. The van der Waals surface area contributed by atoms with Crippen LogP contribution >= 0.6 is 12.6 Å². The first kappa shape index (κ1) is 10.3. The van der Waals surface area contributed by atoms with E-state index in [-0.39, 0.29) is 0 Å². The smallest absolute Gasteiger partial charge is 0.162 e. The molecule has 0 aromatic heterocycles. The standard InChI is InChI=1S/C13H10OS2/c14-16-12-4-2-1-3-9(12)7-10-8-11(15)5-6-13(10)16/h1-6,8,15H,7H2. The minimum atomic E-state index is -1.03. The maximum atomic E-state index is 12.3. The molecule has 0 N–H and O–H groups in total. The molecule has 1 unspecified atom stereocenters. The average molecular weight is 246 g/mol. The van der Waals surface area contributed by atoms with Crippen LogP contribution in [0.3, 0.4) is 0 Å². The van der Waals surface area contributed by atoms with Crippen molar-refractivity contribution in [3.63, 3.8) is 0 Å². The van der Waals surface area contributed by atoms with Crippen LogP contribution in [-0.2, 0) is 17.6 Å². The maximum Gasteiger partial charge on any atom is 0.162 e. The third-order valence-electron chi connectivity index (χ3n) is 2.80. The molecule has 1 aliphatic rings. The summed E-state index contributed by atoms with van der Waals surface area (Å²) < 4.78 is 12.3. The molecule has 2 aromatic carbocycles. The Hall–Kier alpha value is -0.900. The van der Waals surface area contributed by atoms with E-state index in [9.17, 15) is 4.55 Å². The molecule has 0 radical (unpaired) electrons. The van der Waals surface area contributed by atoms with Gasteiger partial charge in [0.25, 0.3) is 0 Å². The van der Waals surface area contributed by atoms with E-state index in [1.54, 1.807) is 0 Å². The molecule has 0 bridgehead atoms. The molecule has 0 aliphatic carbocycles. The third-order valence-corrected chi connectivity index (χ3v) is 4.67. The summed E-state index contributed by atoms with van der Waals surface area (Å²) in [6, 6.07) is 13.7. The molecule has 1 aliphatic heterocycles. The molecule has 0 saturated carbocycles. The van der Waals surface area contributed by atoms with E-state index in [0.717, 1.165) is 32.2 Å². The Labute approximate surface area is 103 Å². The molecule has 0 amide bonds. The van der Waals surface area contributed by atoms with Crippen LogP contribution in [0.1, 0.15) is 11.1 Å². The first-order chi connectivity index (χ1) is 7.75. The summed E-state index contributed by atoms with van der Waals surface area (Å²) in [5.41, 5.74) is 2.29. The van der Waals surface area contributed by atoms with Crippen molar-refractivity contribution in [2.24, 2.45) is 0 Å². The normalized spacial score (nSPS) is 17.8. The van der Waals surface area contributed by atoms with Crippen LogP contribution in [-0.4, -0.2) is 4.55 Å². The zero-order chi connectivity index (χ0) is 11.1. The van der Waals surface area contributed by atoms with E-state index in [2.05, 4.69) is 12.6 Å². The van der Waals surface area contributed by atoms with Crippen molar-refractivity contribution in [2.45, 2.75) is 21.1 Å². The third kappa shape index (κ3) is 1.56. The quantitative estimate of drug-likeness (QED) is 0.560. The second-order valence-corrected chi connectivity index (χ2v) is 5.78. The highest BCUT2D eigenvalue weighted by Gasteiger charge is 2.27. The van der Waals surface area contributed by atoms with Gasteiger partial charge in [-0.05, 0) is 24.3 Å². The summed E-state index contributed by atoms with van der Waals surface area (Å²) in [5, 5.41) is 0. The van der Waals surface area contributed by atoms with E-state index in [1.807, 2.05) is 42.5 Å². The number of thiol groups is 1. The number of fused-ring (bicyclic) bond motifs is 2. The molecule has 0 spiro atoms.